The molecule has 1 amide bonds. The number of aliphatic hydroxyl groups is 1. The molecule has 1 fully saturated rings. The number of nitrogens with zero attached hydrogens (tertiary/aromatic N) is 2. The number of anilines is 1. The molecule has 3 N–H and O–H groups in total. The number of nitrogens with two attached hydrogens (primary N) is 1. The Morgan fingerprint density at radius 2 is 2.23 bits per heavy atom. The smallest absolute Gasteiger partial charge is 0.253 e. The maximum absolute atomic E-state index is 14.1. The van der Waals surface area contributed by atoms with Crippen molar-refractivity contribution in [2.24, 2.45) is 5.73 Å². The van der Waals surface area contributed by atoms with Gasteiger partial charge in [-0.15, -0.1) is 0 Å². The first-order valence-electron chi connectivity index (χ1n) is 7.25. The molecule has 2 unspecified atom stereocenters. The van der Waals surface area contributed by atoms with Crippen molar-refractivity contribution in [3.05, 3.63) is 28.0 Å². The summed E-state index contributed by atoms with van der Waals surface area (Å²) in [7, 11) is 0. The lowest BCUT2D eigenvalue weighted by molar-refractivity contribution is 0.0957. The minimum atomic E-state index is -0.765. The van der Waals surface area contributed by atoms with Crippen LogP contribution >= 0.6 is 15.9 Å². The number of carbonyl (C=O) groups is 1. The van der Waals surface area contributed by atoms with Crippen molar-refractivity contribution >= 4 is 27.5 Å². The van der Waals surface area contributed by atoms with Gasteiger partial charge < -0.3 is 15.7 Å². The molecule has 0 radical (unpaired) electrons. The molecule has 1 aromatic carbocycles. The standard InChI is InChI=1S/C15H21BrFN3O2/c1-9-7-20(4-3-19(9)8-10(2)21)13-6-11(16)5-12(17)14(13)15(18)22/h5-6,9-10,21H,3-4,7-8H2,1-2H3,(H2,18,22). The Kier molecular flexibility index (Phi) is 5.41. The Bertz CT molecular complexity index is 568. The van der Waals surface area contributed by atoms with Gasteiger partial charge in [0.05, 0.1) is 17.4 Å². The molecule has 1 aliphatic rings. The largest absolute Gasteiger partial charge is 0.392 e. The third-order valence-corrected chi connectivity index (χ3v) is 4.34. The van der Waals surface area contributed by atoms with E-state index in [9.17, 15) is 14.3 Å². The second-order valence-corrected chi connectivity index (χ2v) is 6.70. The Labute approximate surface area is 138 Å². The molecule has 0 bridgehead atoms. The number of benzene rings is 1. The summed E-state index contributed by atoms with van der Waals surface area (Å²) >= 11 is 3.26. The lowest BCUT2D eigenvalue weighted by Crippen LogP contribution is -2.53. The highest BCUT2D eigenvalue weighted by Crippen LogP contribution is 2.29. The molecule has 1 aliphatic heterocycles. The Morgan fingerprint density at radius 1 is 1.55 bits per heavy atom. The third kappa shape index (κ3) is 3.77. The molecular formula is C15H21BrFN3O2. The summed E-state index contributed by atoms with van der Waals surface area (Å²) in [5.41, 5.74) is 5.78. The quantitative estimate of drug-likeness (QED) is 0.840. The molecule has 22 heavy (non-hydrogen) atoms. The first-order chi connectivity index (χ1) is 10.3. The topological polar surface area (TPSA) is 69.8 Å². The van der Waals surface area contributed by atoms with E-state index in [1.165, 1.54) is 6.07 Å². The third-order valence-electron chi connectivity index (χ3n) is 3.89. The van der Waals surface area contributed by atoms with Gasteiger partial charge in [-0.25, -0.2) is 4.39 Å². The number of hydrogen-bond donors (Lipinski definition) is 2. The zero-order chi connectivity index (χ0) is 16.4. The Balaban J connectivity index is 2.25. The minimum Gasteiger partial charge on any atom is -0.392 e. The van der Waals surface area contributed by atoms with E-state index in [4.69, 9.17) is 5.73 Å². The van der Waals surface area contributed by atoms with Crippen LogP contribution in [0, 0.1) is 5.82 Å². The van der Waals surface area contributed by atoms with E-state index in [1.54, 1.807) is 13.0 Å². The zero-order valence-corrected chi connectivity index (χ0v) is 14.3. The van der Waals surface area contributed by atoms with Crippen LogP contribution in [0.2, 0.25) is 0 Å². The van der Waals surface area contributed by atoms with Gasteiger partial charge in [0.15, 0.2) is 0 Å². The summed E-state index contributed by atoms with van der Waals surface area (Å²) in [6, 6.07) is 3.16. The molecule has 1 heterocycles. The van der Waals surface area contributed by atoms with Gasteiger partial charge in [-0.05, 0) is 26.0 Å². The lowest BCUT2D eigenvalue weighted by Gasteiger charge is -2.42. The second kappa shape index (κ2) is 6.93. The molecule has 122 valence electrons. The number of halogens is 2. The van der Waals surface area contributed by atoms with E-state index >= 15 is 0 Å². The molecule has 2 rings (SSSR count). The maximum atomic E-state index is 14.1. The maximum Gasteiger partial charge on any atom is 0.253 e. The molecule has 0 saturated carbocycles. The average Bonchev–Trinajstić information content (AvgIpc) is 2.39. The van der Waals surface area contributed by atoms with Crippen molar-refractivity contribution in [3.8, 4) is 0 Å². The van der Waals surface area contributed by atoms with Gasteiger partial charge in [0.2, 0.25) is 0 Å². The first kappa shape index (κ1) is 17.2. The minimum absolute atomic E-state index is 0.0700. The second-order valence-electron chi connectivity index (χ2n) is 5.78. The van der Waals surface area contributed by atoms with Crippen LogP contribution < -0.4 is 10.6 Å². The van der Waals surface area contributed by atoms with E-state index in [1.807, 2.05) is 11.8 Å². The number of primary amides is 1. The number of aliphatic hydroxyl groups excluding tert-OH is 1. The molecule has 2 atom stereocenters. The van der Waals surface area contributed by atoms with Crippen LogP contribution in [0.4, 0.5) is 10.1 Å². The molecular weight excluding hydrogens is 353 g/mol. The number of hydrogen-bond acceptors (Lipinski definition) is 4. The Morgan fingerprint density at radius 3 is 2.77 bits per heavy atom. The number of piperazine rings is 1. The highest BCUT2D eigenvalue weighted by molar-refractivity contribution is 9.10. The predicted octanol–water partition coefficient (Wildman–Crippen LogP) is 1.58. The van der Waals surface area contributed by atoms with E-state index in [0.717, 1.165) is 6.54 Å². The summed E-state index contributed by atoms with van der Waals surface area (Å²) in [5.74, 6) is -1.38. The monoisotopic (exact) mass is 373 g/mol. The van der Waals surface area contributed by atoms with Gasteiger partial charge in [-0.1, -0.05) is 15.9 Å². The van der Waals surface area contributed by atoms with Crippen molar-refractivity contribution in [3.63, 3.8) is 0 Å². The van der Waals surface area contributed by atoms with Gasteiger partial charge in [-0.2, -0.15) is 0 Å². The van der Waals surface area contributed by atoms with Gasteiger partial charge in [0, 0.05) is 36.7 Å². The fourth-order valence-corrected chi connectivity index (χ4v) is 3.30. The molecule has 0 spiro atoms. The van der Waals surface area contributed by atoms with E-state index < -0.39 is 17.8 Å². The molecule has 5 nitrogen and oxygen atoms in total. The van der Waals surface area contributed by atoms with Crippen molar-refractivity contribution in [2.45, 2.75) is 26.0 Å². The highest BCUT2D eigenvalue weighted by Gasteiger charge is 2.28. The van der Waals surface area contributed by atoms with Crippen molar-refractivity contribution in [2.75, 3.05) is 31.1 Å². The molecule has 1 aromatic rings. The van der Waals surface area contributed by atoms with Crippen LogP contribution in [0.25, 0.3) is 0 Å². The van der Waals surface area contributed by atoms with E-state index in [-0.39, 0.29) is 11.6 Å². The summed E-state index contributed by atoms with van der Waals surface area (Å²) < 4.78 is 14.6. The summed E-state index contributed by atoms with van der Waals surface area (Å²) in [6.45, 7) is 6.43. The summed E-state index contributed by atoms with van der Waals surface area (Å²) in [5, 5.41) is 9.52. The van der Waals surface area contributed by atoms with Crippen molar-refractivity contribution in [1.29, 1.82) is 0 Å². The lowest BCUT2D eigenvalue weighted by atomic mass is 10.1. The fraction of sp³-hybridized carbons (Fsp3) is 0.533. The van der Waals surface area contributed by atoms with Crippen LogP contribution in [0.5, 0.6) is 0 Å². The van der Waals surface area contributed by atoms with Gasteiger partial charge in [-0.3, -0.25) is 9.69 Å². The van der Waals surface area contributed by atoms with Crippen LogP contribution in [0.3, 0.4) is 0 Å². The number of β-amino-alcohol motifs (C(OH)–C–C–N with tert-alkyl or cyclic N) is 1. The fourth-order valence-electron chi connectivity index (χ4n) is 2.88. The molecule has 0 aliphatic carbocycles. The number of amides is 1. The van der Waals surface area contributed by atoms with Crippen LogP contribution in [-0.2, 0) is 0 Å². The van der Waals surface area contributed by atoms with Gasteiger partial charge in [0.1, 0.15) is 5.82 Å². The zero-order valence-electron chi connectivity index (χ0n) is 12.7. The number of rotatable bonds is 4. The average molecular weight is 374 g/mol. The van der Waals surface area contributed by atoms with E-state index in [0.29, 0.717) is 29.8 Å². The summed E-state index contributed by atoms with van der Waals surface area (Å²) in [6.07, 6.45) is -0.390. The predicted molar refractivity (Wildman–Crippen MR) is 87.5 cm³/mol. The van der Waals surface area contributed by atoms with Crippen molar-refractivity contribution < 1.29 is 14.3 Å². The van der Waals surface area contributed by atoms with Gasteiger partial charge >= 0.3 is 0 Å². The van der Waals surface area contributed by atoms with E-state index in [2.05, 4.69) is 20.8 Å². The SMILES string of the molecule is CC(O)CN1CCN(c2cc(Br)cc(F)c2C(N)=O)CC1C. The molecule has 7 heteroatoms. The Hall–Kier alpha value is -1.18. The van der Waals surface area contributed by atoms with Gasteiger partial charge in [0.25, 0.3) is 5.91 Å². The summed E-state index contributed by atoms with van der Waals surface area (Å²) in [4.78, 5) is 15.7. The van der Waals surface area contributed by atoms with Crippen LogP contribution in [-0.4, -0.2) is 54.2 Å². The molecule has 1 saturated heterocycles. The van der Waals surface area contributed by atoms with Crippen LogP contribution in [0.1, 0.15) is 24.2 Å². The normalized spacial score (nSPS) is 21.0. The van der Waals surface area contributed by atoms with Crippen molar-refractivity contribution in [1.82, 2.24) is 4.90 Å². The first-order valence-corrected chi connectivity index (χ1v) is 8.04. The number of carbonyl (C=O) groups excluding carboxylic acids is 1. The highest BCUT2D eigenvalue weighted by atomic mass is 79.9. The molecule has 0 aromatic heterocycles. The van der Waals surface area contributed by atoms with Crippen LogP contribution in [0.15, 0.2) is 16.6 Å².